The lowest BCUT2D eigenvalue weighted by Gasteiger charge is -2.10. The van der Waals surface area contributed by atoms with Gasteiger partial charge in [-0.3, -0.25) is 0 Å². The normalized spacial score (nSPS) is 12.3. The van der Waals surface area contributed by atoms with Gasteiger partial charge in [0.05, 0.1) is 5.56 Å². The van der Waals surface area contributed by atoms with E-state index in [0.717, 1.165) is 56.4 Å². The van der Waals surface area contributed by atoms with Gasteiger partial charge in [-0.25, -0.2) is 4.57 Å². The highest BCUT2D eigenvalue weighted by Gasteiger charge is 2.24. The lowest BCUT2D eigenvalue weighted by atomic mass is 9.96. The van der Waals surface area contributed by atoms with Gasteiger partial charge >= 0.3 is 0 Å². The van der Waals surface area contributed by atoms with Crippen molar-refractivity contribution in [1.82, 2.24) is 0 Å². The van der Waals surface area contributed by atoms with Crippen molar-refractivity contribution in [1.29, 1.82) is 0 Å². The summed E-state index contributed by atoms with van der Waals surface area (Å²) in [5.41, 5.74) is 39.6. The lowest BCUT2D eigenvalue weighted by molar-refractivity contribution is -0.667. The Bertz CT molecular complexity index is 5330. The molecule has 0 aliphatic heterocycles. The summed E-state index contributed by atoms with van der Waals surface area (Å²) in [5, 5.41) is 0. The molecule has 6 heteroatoms. The number of pyridine rings is 6. The summed E-state index contributed by atoms with van der Waals surface area (Å²) in [4.78, 5) is 0. The molecule has 0 bridgehead atoms. The Morgan fingerprint density at radius 3 is 1.06 bits per heavy atom. The summed E-state index contributed by atoms with van der Waals surface area (Å²) in [6.07, 6.45) is 2.09. The summed E-state index contributed by atoms with van der Waals surface area (Å²) >= 11 is 0. The van der Waals surface area contributed by atoms with Crippen LogP contribution in [-0.4, -0.2) is 0 Å². The molecule has 0 fully saturated rings. The topological polar surface area (TPSA) is 23.3 Å². The van der Waals surface area contributed by atoms with Crippen molar-refractivity contribution in [3.8, 4) is 67.5 Å². The maximum atomic E-state index is 7.69. The van der Waals surface area contributed by atoms with Crippen LogP contribution < -0.4 is 27.4 Å². The zero-order valence-corrected chi connectivity index (χ0v) is 65.6. The maximum absolute atomic E-state index is 7.69. The summed E-state index contributed by atoms with van der Waals surface area (Å²) in [5.74, 6) is 0. The number of aromatic nitrogens is 6. The molecule has 6 heterocycles. The van der Waals surface area contributed by atoms with Crippen LogP contribution >= 0.6 is 0 Å². The minimum Gasteiger partial charge on any atom is -0.201 e. The van der Waals surface area contributed by atoms with Gasteiger partial charge in [-0.15, -0.1) is 0 Å². The molecular formula is C95H118N6+6. The van der Waals surface area contributed by atoms with Crippen LogP contribution in [0.3, 0.4) is 0 Å². The Hall–Kier alpha value is -9.78. The highest BCUT2D eigenvalue weighted by Crippen LogP contribution is 2.30. The van der Waals surface area contributed by atoms with Gasteiger partial charge in [0.25, 0.3) is 0 Å². The van der Waals surface area contributed by atoms with Crippen LogP contribution in [0.15, 0.2) is 188 Å². The molecule has 101 heavy (non-hydrogen) atoms. The van der Waals surface area contributed by atoms with E-state index >= 15 is 0 Å². The molecule has 0 atom stereocenters. The Morgan fingerprint density at radius 1 is 0.218 bits per heavy atom. The first-order valence-corrected chi connectivity index (χ1v) is 35.1. The molecule has 0 radical (unpaired) electrons. The van der Waals surface area contributed by atoms with E-state index in [-0.39, 0.29) is 0 Å². The van der Waals surface area contributed by atoms with E-state index in [1.807, 2.05) is 112 Å². The molecule has 522 valence electrons. The molecule has 0 saturated heterocycles. The van der Waals surface area contributed by atoms with Gasteiger partial charge in [-0.05, 0) is 240 Å². The molecular weight excluding hydrogens is 1230 g/mol. The third-order valence-electron chi connectivity index (χ3n) is 20.9. The van der Waals surface area contributed by atoms with E-state index in [2.05, 4.69) is 272 Å². The zero-order chi connectivity index (χ0) is 82.1. The molecule has 0 aliphatic rings. The van der Waals surface area contributed by atoms with E-state index in [1.54, 1.807) is 12.1 Å². The minimum absolute atomic E-state index is 0.412. The van der Waals surface area contributed by atoms with Crippen molar-refractivity contribution < 1.29 is 39.7 Å². The second kappa shape index (κ2) is 34.5. The first-order chi connectivity index (χ1) is 51.3. The van der Waals surface area contributed by atoms with Crippen LogP contribution in [0, 0.1) is 159 Å². The molecule has 6 aromatic heterocycles. The van der Waals surface area contributed by atoms with E-state index in [9.17, 15) is 0 Å². The van der Waals surface area contributed by atoms with Crippen molar-refractivity contribution in [2.75, 3.05) is 0 Å². The van der Waals surface area contributed by atoms with Crippen molar-refractivity contribution in [3.05, 3.63) is 317 Å². The fourth-order valence-electron chi connectivity index (χ4n) is 13.3. The van der Waals surface area contributed by atoms with E-state index < -0.39 is 20.6 Å². The predicted molar refractivity (Wildman–Crippen MR) is 427 cm³/mol. The van der Waals surface area contributed by atoms with Crippen molar-refractivity contribution in [3.63, 3.8) is 0 Å². The first kappa shape index (κ1) is 65.8. The minimum atomic E-state index is -2.07. The van der Waals surface area contributed by atoms with Gasteiger partial charge in [-0.2, -0.15) is 22.8 Å². The summed E-state index contributed by atoms with van der Waals surface area (Å²) in [7, 11) is 12.2. The van der Waals surface area contributed by atoms with Gasteiger partial charge < -0.3 is 0 Å². The van der Waals surface area contributed by atoms with Gasteiger partial charge in [0.15, 0.2) is 34.7 Å². The van der Waals surface area contributed by atoms with Crippen LogP contribution in [0.5, 0.6) is 0 Å². The third-order valence-corrected chi connectivity index (χ3v) is 20.9. The van der Waals surface area contributed by atoms with Crippen LogP contribution in [0.4, 0.5) is 0 Å². The average Bonchev–Trinajstić information content (AvgIpc) is 0.776. The van der Waals surface area contributed by atoms with E-state index in [1.165, 1.54) is 123 Å². The average molecular weight is 1350 g/mol. The second-order valence-electron chi connectivity index (χ2n) is 27.6. The monoisotopic (exact) mass is 1350 g/mol. The van der Waals surface area contributed by atoms with E-state index in [4.69, 9.17) is 12.3 Å². The fraction of sp³-hybridized carbons (Fsp3) is 0.305. The second-order valence-corrected chi connectivity index (χ2v) is 27.6. The Kier molecular flexibility index (Phi) is 22.5. The maximum Gasteiger partial charge on any atom is 0.215 e. The molecule has 0 N–H and O–H groups in total. The van der Waals surface area contributed by atoms with Gasteiger partial charge in [0, 0.05) is 144 Å². The van der Waals surface area contributed by atoms with Gasteiger partial charge in [-0.1, -0.05) is 97.1 Å². The Morgan fingerprint density at radius 2 is 0.604 bits per heavy atom. The van der Waals surface area contributed by atoms with Crippen molar-refractivity contribution in [2.24, 2.45) is 42.3 Å². The number of nitrogens with zero attached hydrogens (tertiary/aromatic N) is 6. The molecule has 12 aromatic rings. The van der Waals surface area contributed by atoms with Crippen molar-refractivity contribution in [2.45, 2.75) is 159 Å². The molecule has 6 nitrogen and oxygen atoms in total. The van der Waals surface area contributed by atoms with Gasteiger partial charge in [0.2, 0.25) is 34.2 Å². The largest absolute Gasteiger partial charge is 0.215 e. The SMILES string of the molecule is Cc1ccc(-c2cccc[n+]2C)c(C)c1C.Cc1ccccc1-c1c(C)cc(C)c(C)[n+]1C.Cc1ccccc1-c1cc(C)c(C)c(C)[n+]1C.[2H]C([2H])([2H])c1c(C)cc(-c2ccccc2C)[n+](C)c1C.[2H]C([2H])([2H])c1cc(C)c(-c2ccccc2C)[n+](C)c1C.[2H]C([2H])([2H])c1ccc(-c2c(C)cccc2C)[n+](C)c1C. The third kappa shape index (κ3) is 18.1. The summed E-state index contributed by atoms with van der Waals surface area (Å²) in [6, 6.07) is 62.3. The number of rotatable bonds is 6. The summed E-state index contributed by atoms with van der Waals surface area (Å²) in [6.45, 7) is 35.5. The number of benzene rings is 6. The predicted octanol–water partition coefficient (Wildman–Crippen LogP) is 20.2. The summed E-state index contributed by atoms with van der Waals surface area (Å²) < 4.78 is 81.4. The van der Waals surface area contributed by atoms with Gasteiger partial charge in [0.1, 0.15) is 42.3 Å². The van der Waals surface area contributed by atoms with Crippen LogP contribution in [0.2, 0.25) is 0 Å². The molecule has 12 rings (SSSR count). The Balaban J connectivity index is 0.000000184. The highest BCUT2D eigenvalue weighted by atomic mass is 15.0. The van der Waals surface area contributed by atoms with Crippen LogP contribution in [-0.2, 0) is 42.3 Å². The molecule has 0 amide bonds. The van der Waals surface area contributed by atoms with Crippen molar-refractivity contribution >= 4 is 0 Å². The number of hydrogen-bond acceptors (Lipinski definition) is 0. The molecule has 6 aromatic carbocycles. The fourth-order valence-corrected chi connectivity index (χ4v) is 13.3. The first-order valence-electron chi connectivity index (χ1n) is 39.6. The molecule has 0 spiro atoms. The number of aryl methyl sites for hydroxylation is 15. The standard InChI is InChI=1S/5C16H20N.C15H18N/c1-11-9-10-15(17(5)14(11)4)16-12(2)7-6-8-13(16)3;2*1-11-8-6-7-9-15(11)16-10-12(2)13(3)14(4)17(16)5;2*1-11-8-6-7-9-15(11)16-13(3)10-12(2)14(4)17(16)5;1-11-8-9-14(13(3)12(11)2)15-7-5-6-10-16(15)4/h5*6-10H,1-5H3;5-10H,1-4H3/q6*+1/i1D3;3D3;;2D3;;. The molecule has 0 saturated carbocycles. The van der Waals surface area contributed by atoms with E-state index in [0.29, 0.717) is 16.7 Å². The number of hydrogen-bond donors (Lipinski definition) is 0. The van der Waals surface area contributed by atoms with Crippen LogP contribution in [0.25, 0.3) is 67.5 Å². The smallest absolute Gasteiger partial charge is 0.201 e. The quantitative estimate of drug-likeness (QED) is 0.148. The lowest BCUT2D eigenvalue weighted by Crippen LogP contribution is -2.36. The molecule has 0 unspecified atom stereocenters. The Labute approximate surface area is 622 Å². The van der Waals surface area contributed by atoms with Crippen LogP contribution in [0.1, 0.15) is 141 Å². The molecule has 0 aliphatic carbocycles. The zero-order valence-electron chi connectivity index (χ0n) is 74.6. The highest BCUT2D eigenvalue weighted by molar-refractivity contribution is 5.68.